The molecular formula is C19H24NO5P2+. The number of benzene rings is 3. The molecular weight excluding hydrogens is 384 g/mol. The minimum atomic E-state index is -4.02. The number of anilines is 1. The van der Waals surface area contributed by atoms with Gasteiger partial charge in [-0.2, -0.15) is 4.89 Å². The standard InChI is InChI=1S/C7H8.C6H7N.C6H7O3P.HO2P/c1-7-5-3-2-4-6-7;7-6-4-2-1-3-5-6;7-10(8,9)6-4-2-1-3-5-6;1-3-2/h2-6H,1H3;1-5H,7H2;1-5H,(H2,7,8,9);3H/p+1. The van der Waals surface area contributed by atoms with Crippen LogP contribution in [-0.4, -0.2) is 14.7 Å². The monoisotopic (exact) mass is 408 g/mol. The normalized spacial score (nSPS) is 9.48. The molecule has 0 aliphatic heterocycles. The first kappa shape index (κ1) is 24.7. The van der Waals surface area contributed by atoms with Crippen LogP contribution in [0, 0.1) is 6.92 Å². The number of hydrogen-bond donors (Lipinski definition) is 4. The van der Waals surface area contributed by atoms with Gasteiger partial charge in [-0.25, -0.2) is 0 Å². The summed E-state index contributed by atoms with van der Waals surface area (Å²) >= 11 is 0. The zero-order valence-electron chi connectivity index (χ0n) is 14.8. The number of nitrogens with two attached hydrogens (primary N) is 1. The average molecular weight is 408 g/mol. The van der Waals surface area contributed by atoms with Gasteiger partial charge in [0.05, 0.1) is 5.30 Å². The molecule has 0 aliphatic carbocycles. The average Bonchev–Trinajstić information content (AvgIpc) is 2.65. The maximum atomic E-state index is 10.5. The second-order valence-electron chi connectivity index (χ2n) is 5.04. The number of para-hydroxylation sites is 1. The molecule has 0 heterocycles. The maximum Gasteiger partial charge on any atom is 0.491 e. The van der Waals surface area contributed by atoms with Gasteiger partial charge in [0.15, 0.2) is 0 Å². The van der Waals surface area contributed by atoms with Gasteiger partial charge in [0.25, 0.3) is 0 Å². The Morgan fingerprint density at radius 3 is 1.30 bits per heavy atom. The molecule has 8 heteroatoms. The van der Waals surface area contributed by atoms with E-state index >= 15 is 0 Å². The first-order chi connectivity index (χ1) is 12.8. The van der Waals surface area contributed by atoms with E-state index in [1.165, 1.54) is 17.7 Å². The minimum absolute atomic E-state index is 0.0648. The lowest BCUT2D eigenvalue weighted by Gasteiger charge is -2.00. The summed E-state index contributed by atoms with van der Waals surface area (Å²) in [5.74, 6) is 0. The third-order valence-electron chi connectivity index (χ3n) is 2.83. The van der Waals surface area contributed by atoms with E-state index in [2.05, 4.69) is 19.1 Å². The van der Waals surface area contributed by atoms with Gasteiger partial charge in [0.1, 0.15) is 0 Å². The molecule has 0 fully saturated rings. The molecule has 3 aromatic rings. The molecule has 0 aromatic heterocycles. The van der Waals surface area contributed by atoms with Gasteiger partial charge in [-0.15, -0.1) is 0 Å². The van der Waals surface area contributed by atoms with Crippen molar-refractivity contribution in [2.75, 3.05) is 5.73 Å². The number of aryl methyl sites for hydroxylation is 1. The van der Waals surface area contributed by atoms with E-state index in [1.54, 1.807) is 18.2 Å². The van der Waals surface area contributed by atoms with Crippen molar-refractivity contribution in [3.63, 3.8) is 0 Å². The Hall–Kier alpha value is -2.33. The summed E-state index contributed by atoms with van der Waals surface area (Å²) in [5.41, 5.74) is 7.50. The molecule has 5 N–H and O–H groups in total. The lowest BCUT2D eigenvalue weighted by molar-refractivity contribution is 0.387. The van der Waals surface area contributed by atoms with E-state index < -0.39 is 16.3 Å². The van der Waals surface area contributed by atoms with Gasteiger partial charge in [-0.1, -0.05) is 72.3 Å². The van der Waals surface area contributed by atoms with Crippen molar-refractivity contribution in [3.05, 3.63) is 96.6 Å². The maximum absolute atomic E-state index is 10.5. The molecule has 0 saturated heterocycles. The minimum Gasteiger partial charge on any atom is -0.399 e. The van der Waals surface area contributed by atoms with Crippen LogP contribution in [0.2, 0.25) is 0 Å². The van der Waals surface area contributed by atoms with Crippen molar-refractivity contribution in [3.8, 4) is 0 Å². The summed E-state index contributed by atoms with van der Waals surface area (Å²) in [5, 5.41) is 0.0648. The van der Waals surface area contributed by atoms with Gasteiger partial charge in [-0.3, -0.25) is 4.57 Å². The Labute approximate surface area is 160 Å². The molecule has 0 radical (unpaired) electrons. The van der Waals surface area contributed by atoms with E-state index in [9.17, 15) is 4.57 Å². The van der Waals surface area contributed by atoms with Crippen LogP contribution in [0.25, 0.3) is 0 Å². The third kappa shape index (κ3) is 14.5. The summed E-state index contributed by atoms with van der Waals surface area (Å²) < 4.78 is 19.0. The van der Waals surface area contributed by atoms with Gasteiger partial charge in [0, 0.05) is 5.69 Å². The van der Waals surface area contributed by atoms with Crippen molar-refractivity contribution >= 4 is 27.3 Å². The van der Waals surface area contributed by atoms with Gasteiger partial charge in [0.2, 0.25) is 0 Å². The highest BCUT2D eigenvalue weighted by Crippen LogP contribution is 2.32. The van der Waals surface area contributed by atoms with Crippen LogP contribution < -0.4 is 11.0 Å². The highest BCUT2D eigenvalue weighted by atomic mass is 31.2. The molecule has 27 heavy (non-hydrogen) atoms. The molecule has 144 valence electrons. The Morgan fingerprint density at radius 2 is 1.11 bits per heavy atom. The Bertz CT molecular complexity index is 743. The zero-order chi connectivity index (χ0) is 20.5. The lowest BCUT2D eigenvalue weighted by atomic mass is 10.2. The summed E-state index contributed by atoms with van der Waals surface area (Å²) in [4.78, 5) is 24.2. The highest BCUT2D eigenvalue weighted by Gasteiger charge is 2.14. The molecule has 0 amide bonds. The highest BCUT2D eigenvalue weighted by molar-refractivity contribution is 7.60. The van der Waals surface area contributed by atoms with Crippen LogP contribution in [0.3, 0.4) is 0 Å². The van der Waals surface area contributed by atoms with Crippen LogP contribution in [0.5, 0.6) is 0 Å². The Kier molecular flexibility index (Phi) is 13.5. The Balaban J connectivity index is 0.000000357. The summed E-state index contributed by atoms with van der Waals surface area (Å²) in [6.45, 7) is 2.08. The molecule has 0 saturated carbocycles. The fourth-order valence-corrected chi connectivity index (χ4v) is 2.17. The first-order valence-corrected chi connectivity index (χ1v) is 10.2. The van der Waals surface area contributed by atoms with Gasteiger partial charge >= 0.3 is 16.3 Å². The van der Waals surface area contributed by atoms with Crippen LogP contribution >= 0.6 is 16.3 Å². The topological polar surface area (TPSA) is 121 Å². The van der Waals surface area contributed by atoms with Gasteiger partial charge < -0.3 is 15.5 Å². The van der Waals surface area contributed by atoms with E-state index in [0.717, 1.165) is 5.69 Å². The molecule has 6 nitrogen and oxygen atoms in total. The van der Waals surface area contributed by atoms with E-state index in [1.807, 2.05) is 48.5 Å². The molecule has 1 atom stereocenters. The molecule has 3 aromatic carbocycles. The smallest absolute Gasteiger partial charge is 0.399 e. The third-order valence-corrected chi connectivity index (χ3v) is 3.80. The predicted molar refractivity (Wildman–Crippen MR) is 111 cm³/mol. The summed E-state index contributed by atoms with van der Waals surface area (Å²) in [6, 6.07) is 27.4. The van der Waals surface area contributed by atoms with Gasteiger partial charge in [-0.05, 0) is 35.8 Å². The second-order valence-corrected chi connectivity index (χ2v) is 6.82. The first-order valence-electron chi connectivity index (χ1n) is 7.75. The predicted octanol–water partition coefficient (Wildman–Crippen LogP) is 3.67. The fourth-order valence-electron chi connectivity index (χ4n) is 1.61. The summed E-state index contributed by atoms with van der Waals surface area (Å²) in [7, 11) is -5.18. The zero-order valence-corrected chi connectivity index (χ0v) is 16.7. The number of hydrogen-bond acceptors (Lipinski definition) is 3. The van der Waals surface area contributed by atoms with Crippen molar-refractivity contribution < 1.29 is 23.8 Å². The molecule has 0 spiro atoms. The largest absolute Gasteiger partial charge is 0.491 e. The lowest BCUT2D eigenvalue weighted by Crippen LogP contribution is -2.01. The van der Waals surface area contributed by atoms with Crippen molar-refractivity contribution in [1.82, 2.24) is 0 Å². The van der Waals surface area contributed by atoms with Crippen molar-refractivity contribution in [2.45, 2.75) is 6.92 Å². The van der Waals surface area contributed by atoms with Crippen LogP contribution in [-0.2, 0) is 9.13 Å². The molecule has 3 rings (SSSR count). The van der Waals surface area contributed by atoms with E-state index in [-0.39, 0.29) is 5.30 Å². The number of nitrogen functional groups attached to an aromatic ring is 1. The molecule has 1 unspecified atom stereocenters. The quantitative estimate of drug-likeness (QED) is 0.360. The van der Waals surface area contributed by atoms with E-state index in [4.69, 9.17) is 25.0 Å². The van der Waals surface area contributed by atoms with E-state index in [0.29, 0.717) is 0 Å². The molecule has 0 aliphatic rings. The van der Waals surface area contributed by atoms with Crippen LogP contribution in [0.15, 0.2) is 91.0 Å². The second kappa shape index (κ2) is 14.8. The number of rotatable bonds is 1. The molecule has 0 bridgehead atoms. The van der Waals surface area contributed by atoms with Crippen LogP contribution in [0.4, 0.5) is 5.69 Å². The Morgan fingerprint density at radius 1 is 0.778 bits per heavy atom. The fraction of sp³-hybridized carbons (Fsp3) is 0.0526. The summed E-state index contributed by atoms with van der Waals surface area (Å²) in [6.07, 6.45) is 0. The SMILES string of the molecule is Cc1ccccc1.Nc1ccccc1.O=P(O)(O)c1ccccc1.O=[PH+]O. The van der Waals surface area contributed by atoms with Crippen molar-refractivity contribution in [2.24, 2.45) is 0 Å². The van der Waals surface area contributed by atoms with Crippen LogP contribution in [0.1, 0.15) is 5.56 Å². The van der Waals surface area contributed by atoms with Crippen molar-refractivity contribution in [1.29, 1.82) is 0 Å².